The first kappa shape index (κ1) is 13.9. The Labute approximate surface area is 125 Å². The van der Waals surface area contributed by atoms with E-state index in [1.807, 2.05) is 0 Å². The second kappa shape index (κ2) is 5.35. The quantitative estimate of drug-likeness (QED) is 0.897. The lowest BCUT2D eigenvalue weighted by Gasteiger charge is -2.20. The number of hydrogen-bond donors (Lipinski definition) is 2. The molecule has 4 nitrogen and oxygen atoms in total. The van der Waals surface area contributed by atoms with Crippen LogP contribution in [0.2, 0.25) is 5.02 Å². The van der Waals surface area contributed by atoms with Crippen LogP contribution in [0.5, 0.6) is 5.75 Å². The van der Waals surface area contributed by atoms with E-state index in [9.17, 15) is 14.3 Å². The minimum atomic E-state index is -1.03. The molecule has 0 fully saturated rings. The lowest BCUT2D eigenvalue weighted by Crippen LogP contribution is -2.25. The molecule has 6 heteroatoms. The van der Waals surface area contributed by atoms with Gasteiger partial charge in [-0.1, -0.05) is 23.7 Å². The van der Waals surface area contributed by atoms with E-state index in [-0.39, 0.29) is 17.5 Å². The zero-order chi connectivity index (χ0) is 15.0. The van der Waals surface area contributed by atoms with Gasteiger partial charge in [-0.3, -0.25) is 4.79 Å². The number of ether oxygens (including phenoxy) is 1. The van der Waals surface area contributed by atoms with Crippen LogP contribution in [-0.2, 0) is 4.79 Å². The van der Waals surface area contributed by atoms with Crippen LogP contribution in [0.1, 0.15) is 17.2 Å². The number of rotatable bonds is 2. The number of carbonyl (C=O) groups is 1. The van der Waals surface area contributed by atoms with Gasteiger partial charge in [0.05, 0.1) is 5.69 Å². The zero-order valence-corrected chi connectivity index (χ0v) is 11.5. The summed E-state index contributed by atoms with van der Waals surface area (Å²) in [4.78, 5) is 11.3. The SMILES string of the molecule is O=C1COc2ccc(C(O)c3ccc(F)cc3Cl)cc2N1. The second-order valence-corrected chi connectivity index (χ2v) is 5.07. The monoisotopic (exact) mass is 307 g/mol. The van der Waals surface area contributed by atoms with Gasteiger partial charge in [0.2, 0.25) is 0 Å². The number of halogens is 2. The van der Waals surface area contributed by atoms with Gasteiger partial charge in [0.15, 0.2) is 6.61 Å². The molecule has 1 amide bonds. The maximum absolute atomic E-state index is 13.1. The number of hydrogen-bond acceptors (Lipinski definition) is 3. The Balaban J connectivity index is 1.96. The number of amides is 1. The van der Waals surface area contributed by atoms with Gasteiger partial charge >= 0.3 is 0 Å². The maximum Gasteiger partial charge on any atom is 0.262 e. The van der Waals surface area contributed by atoms with Gasteiger partial charge in [-0.05, 0) is 29.8 Å². The zero-order valence-electron chi connectivity index (χ0n) is 10.8. The van der Waals surface area contributed by atoms with E-state index in [1.54, 1.807) is 18.2 Å². The van der Waals surface area contributed by atoms with Crippen LogP contribution < -0.4 is 10.1 Å². The summed E-state index contributed by atoms with van der Waals surface area (Å²) >= 11 is 5.95. The van der Waals surface area contributed by atoms with E-state index in [0.29, 0.717) is 22.6 Å². The van der Waals surface area contributed by atoms with E-state index >= 15 is 0 Å². The maximum atomic E-state index is 13.1. The van der Waals surface area contributed by atoms with Crippen LogP contribution in [-0.4, -0.2) is 17.6 Å². The van der Waals surface area contributed by atoms with Crippen LogP contribution in [0.15, 0.2) is 36.4 Å². The Kier molecular flexibility index (Phi) is 3.53. The summed E-state index contributed by atoms with van der Waals surface area (Å²) in [5.41, 5.74) is 1.40. The molecule has 0 saturated heterocycles. The highest BCUT2D eigenvalue weighted by atomic mass is 35.5. The number of benzene rings is 2. The van der Waals surface area contributed by atoms with E-state index in [4.69, 9.17) is 16.3 Å². The van der Waals surface area contributed by atoms with Gasteiger partial charge in [-0.15, -0.1) is 0 Å². The first-order chi connectivity index (χ1) is 10.0. The van der Waals surface area contributed by atoms with Crippen LogP contribution in [0.3, 0.4) is 0 Å². The fourth-order valence-corrected chi connectivity index (χ4v) is 2.44. The van der Waals surface area contributed by atoms with Crippen molar-refractivity contribution >= 4 is 23.2 Å². The van der Waals surface area contributed by atoms with E-state index in [0.717, 1.165) is 6.07 Å². The van der Waals surface area contributed by atoms with Crippen molar-refractivity contribution < 1.29 is 19.0 Å². The first-order valence-electron chi connectivity index (χ1n) is 6.24. The molecule has 2 N–H and O–H groups in total. The molecule has 0 aliphatic carbocycles. The molecule has 1 aliphatic heterocycles. The summed E-state index contributed by atoms with van der Waals surface area (Å²) in [7, 11) is 0. The number of fused-ring (bicyclic) bond motifs is 1. The second-order valence-electron chi connectivity index (χ2n) is 4.66. The third-order valence-corrected chi connectivity index (χ3v) is 3.54. The molecule has 0 bridgehead atoms. The summed E-state index contributed by atoms with van der Waals surface area (Å²) in [6.45, 7) is -0.0291. The van der Waals surface area contributed by atoms with Crippen molar-refractivity contribution in [2.24, 2.45) is 0 Å². The highest BCUT2D eigenvalue weighted by Crippen LogP contribution is 2.34. The minimum absolute atomic E-state index is 0.0291. The van der Waals surface area contributed by atoms with Gasteiger partial charge in [0.1, 0.15) is 17.7 Å². The topological polar surface area (TPSA) is 58.6 Å². The smallest absolute Gasteiger partial charge is 0.262 e. The van der Waals surface area contributed by atoms with Crippen molar-refractivity contribution in [3.8, 4) is 5.75 Å². The molecular formula is C15H11ClFNO3. The van der Waals surface area contributed by atoms with Gasteiger partial charge in [-0.2, -0.15) is 0 Å². The fraction of sp³-hybridized carbons (Fsp3) is 0.133. The van der Waals surface area contributed by atoms with Gasteiger partial charge < -0.3 is 15.2 Å². The molecule has 0 spiro atoms. The van der Waals surface area contributed by atoms with Crippen LogP contribution >= 0.6 is 11.6 Å². The Morgan fingerprint density at radius 1 is 1.29 bits per heavy atom. The summed E-state index contributed by atoms with van der Waals surface area (Å²) < 4.78 is 18.3. The fourth-order valence-electron chi connectivity index (χ4n) is 2.17. The van der Waals surface area contributed by atoms with Crippen LogP contribution in [0, 0.1) is 5.82 Å². The molecule has 3 rings (SSSR count). The molecule has 1 atom stereocenters. The summed E-state index contributed by atoms with van der Waals surface area (Å²) in [5.74, 6) is -0.188. The Bertz CT molecular complexity index is 720. The highest BCUT2D eigenvalue weighted by Gasteiger charge is 2.20. The molecule has 21 heavy (non-hydrogen) atoms. The lowest BCUT2D eigenvalue weighted by molar-refractivity contribution is -0.118. The largest absolute Gasteiger partial charge is 0.482 e. The number of aliphatic hydroxyl groups excluding tert-OH is 1. The molecular weight excluding hydrogens is 297 g/mol. The predicted octanol–water partition coefficient (Wildman–Crippen LogP) is 2.89. The molecule has 1 aliphatic rings. The predicted molar refractivity (Wildman–Crippen MR) is 76.0 cm³/mol. The van der Waals surface area contributed by atoms with E-state index in [1.165, 1.54) is 12.1 Å². The Morgan fingerprint density at radius 2 is 2.10 bits per heavy atom. The molecule has 1 heterocycles. The van der Waals surface area contributed by atoms with Gasteiger partial charge in [0, 0.05) is 10.6 Å². The number of nitrogens with one attached hydrogen (secondary N) is 1. The van der Waals surface area contributed by atoms with Crippen LogP contribution in [0.25, 0.3) is 0 Å². The molecule has 2 aromatic carbocycles. The third-order valence-electron chi connectivity index (χ3n) is 3.21. The minimum Gasteiger partial charge on any atom is -0.482 e. The molecule has 0 aromatic heterocycles. The standard InChI is InChI=1S/C15H11ClFNO3/c16-11-6-9(17)2-3-10(11)15(20)8-1-4-13-12(5-8)18-14(19)7-21-13/h1-6,15,20H,7H2,(H,18,19). The Hall–Kier alpha value is -2.11. The van der Waals surface area contributed by atoms with Gasteiger partial charge in [0.25, 0.3) is 5.91 Å². The first-order valence-corrected chi connectivity index (χ1v) is 6.62. The molecule has 1 unspecified atom stereocenters. The molecule has 0 radical (unpaired) electrons. The van der Waals surface area contributed by atoms with Crippen molar-refractivity contribution in [3.05, 3.63) is 58.4 Å². The van der Waals surface area contributed by atoms with Crippen molar-refractivity contribution in [2.45, 2.75) is 6.10 Å². The molecule has 108 valence electrons. The van der Waals surface area contributed by atoms with Crippen molar-refractivity contribution in [2.75, 3.05) is 11.9 Å². The summed E-state index contributed by atoms with van der Waals surface area (Å²) in [6, 6.07) is 8.73. The number of carbonyl (C=O) groups excluding carboxylic acids is 1. The highest BCUT2D eigenvalue weighted by molar-refractivity contribution is 6.31. The molecule has 2 aromatic rings. The van der Waals surface area contributed by atoms with Crippen molar-refractivity contribution in [3.63, 3.8) is 0 Å². The number of aliphatic hydroxyl groups is 1. The van der Waals surface area contributed by atoms with Crippen molar-refractivity contribution in [1.82, 2.24) is 0 Å². The normalized spacial score (nSPS) is 14.9. The van der Waals surface area contributed by atoms with E-state index < -0.39 is 11.9 Å². The van der Waals surface area contributed by atoms with E-state index in [2.05, 4.69) is 5.32 Å². The third kappa shape index (κ3) is 2.70. The summed E-state index contributed by atoms with van der Waals surface area (Å²) in [5, 5.41) is 13.2. The van der Waals surface area contributed by atoms with Crippen molar-refractivity contribution in [1.29, 1.82) is 0 Å². The molecule has 0 saturated carbocycles. The Morgan fingerprint density at radius 3 is 2.86 bits per heavy atom. The van der Waals surface area contributed by atoms with Crippen LogP contribution in [0.4, 0.5) is 10.1 Å². The lowest BCUT2D eigenvalue weighted by atomic mass is 10.0. The summed E-state index contributed by atoms with van der Waals surface area (Å²) in [6.07, 6.45) is -1.03. The average Bonchev–Trinajstić information content (AvgIpc) is 2.46. The average molecular weight is 308 g/mol. The van der Waals surface area contributed by atoms with Gasteiger partial charge in [-0.25, -0.2) is 4.39 Å². The number of anilines is 1.